The summed E-state index contributed by atoms with van der Waals surface area (Å²) in [7, 11) is 0. The highest BCUT2D eigenvalue weighted by atomic mass is 16.4. The Kier molecular flexibility index (Phi) is 3.05. The van der Waals surface area contributed by atoms with E-state index in [1.807, 2.05) is 0 Å². The van der Waals surface area contributed by atoms with Crippen LogP contribution in [-0.4, -0.2) is 79.3 Å². The van der Waals surface area contributed by atoms with Gasteiger partial charge in [0.15, 0.2) is 5.69 Å². The Morgan fingerprint density at radius 2 is 2.00 bits per heavy atom. The van der Waals surface area contributed by atoms with Crippen LogP contribution in [-0.2, 0) is 0 Å². The van der Waals surface area contributed by atoms with Crippen molar-refractivity contribution in [2.45, 2.75) is 18.6 Å². The first-order valence-electron chi connectivity index (χ1n) is 6.41. The highest BCUT2D eigenvalue weighted by molar-refractivity contribution is 5.84. The van der Waals surface area contributed by atoms with E-state index >= 15 is 0 Å². The quantitative estimate of drug-likeness (QED) is 0.720. The number of carbonyl (C=O) groups is 2. The van der Waals surface area contributed by atoms with E-state index in [2.05, 4.69) is 10.3 Å². The Morgan fingerprint density at radius 1 is 1.25 bits per heavy atom. The number of aliphatic hydroxyl groups excluding tert-OH is 1. The smallest absolute Gasteiger partial charge is 0.358 e. The normalized spacial score (nSPS) is 22.9. The number of hydrogen-bond acceptors (Lipinski definition) is 5. The molecule has 1 atom stereocenters. The summed E-state index contributed by atoms with van der Waals surface area (Å²) in [6, 6.07) is -0.122. The zero-order valence-corrected chi connectivity index (χ0v) is 10.7. The minimum absolute atomic E-state index is 0.0351. The van der Waals surface area contributed by atoms with Gasteiger partial charge in [0.25, 0.3) is 0 Å². The topological polar surface area (TPSA) is 112 Å². The maximum atomic E-state index is 12.1. The average Bonchev–Trinajstić information content (AvgIpc) is 2.96. The van der Waals surface area contributed by atoms with Crippen molar-refractivity contribution in [3.63, 3.8) is 0 Å². The summed E-state index contributed by atoms with van der Waals surface area (Å²) in [5, 5.41) is 25.5. The fraction of sp³-hybridized carbons (Fsp3) is 0.636. The third kappa shape index (κ3) is 2.20. The second kappa shape index (κ2) is 4.75. The summed E-state index contributed by atoms with van der Waals surface area (Å²) in [5.41, 5.74) is -0.0996. The number of β-amino-alcohol motifs (C(OH)–C–C–N with tert-alkyl or cyclic N) is 1. The maximum absolute atomic E-state index is 12.1. The van der Waals surface area contributed by atoms with Crippen molar-refractivity contribution in [2.75, 3.05) is 26.2 Å². The van der Waals surface area contributed by atoms with Gasteiger partial charge in [0, 0.05) is 26.2 Å². The number of carboxylic acids is 1. The van der Waals surface area contributed by atoms with Crippen LogP contribution in [0.1, 0.15) is 23.0 Å². The molecule has 0 aliphatic carbocycles. The second-order valence-electron chi connectivity index (χ2n) is 5.12. The first kappa shape index (κ1) is 12.9. The fourth-order valence-electron chi connectivity index (χ4n) is 2.45. The molecule has 0 aromatic carbocycles. The number of aromatic carboxylic acids is 1. The molecule has 20 heavy (non-hydrogen) atoms. The number of amides is 2. The number of aromatic nitrogens is 3. The number of nitrogens with zero attached hydrogens (tertiary/aromatic N) is 5. The molecule has 2 aliphatic rings. The molecule has 2 fully saturated rings. The third-order valence-corrected chi connectivity index (χ3v) is 3.67. The molecule has 2 aliphatic heterocycles. The van der Waals surface area contributed by atoms with Crippen LogP contribution in [0.3, 0.4) is 0 Å². The molecule has 1 aromatic rings. The van der Waals surface area contributed by atoms with Crippen LogP contribution < -0.4 is 0 Å². The van der Waals surface area contributed by atoms with Crippen LogP contribution >= 0.6 is 0 Å². The summed E-state index contributed by atoms with van der Waals surface area (Å²) in [6.07, 6.45) is 1.56. The Morgan fingerprint density at radius 3 is 2.55 bits per heavy atom. The summed E-state index contributed by atoms with van der Waals surface area (Å²) in [5.74, 6) is -1.12. The van der Waals surface area contributed by atoms with E-state index < -0.39 is 12.1 Å². The minimum atomic E-state index is -1.12. The molecule has 1 unspecified atom stereocenters. The molecule has 0 spiro atoms. The van der Waals surface area contributed by atoms with Crippen LogP contribution in [0.5, 0.6) is 0 Å². The predicted molar refractivity (Wildman–Crippen MR) is 65.2 cm³/mol. The Hall–Kier alpha value is -2.16. The minimum Gasteiger partial charge on any atom is -0.476 e. The van der Waals surface area contributed by atoms with Gasteiger partial charge in [-0.05, 0) is 6.42 Å². The molecule has 9 heteroatoms. The summed E-state index contributed by atoms with van der Waals surface area (Å²) < 4.78 is 1.48. The molecule has 2 amide bonds. The number of rotatable bonds is 2. The van der Waals surface area contributed by atoms with Gasteiger partial charge >= 0.3 is 12.0 Å². The monoisotopic (exact) mass is 281 g/mol. The lowest BCUT2D eigenvalue weighted by atomic mass is 10.1. The molecule has 0 bridgehead atoms. The van der Waals surface area contributed by atoms with E-state index in [4.69, 9.17) is 5.11 Å². The molecule has 108 valence electrons. The molecule has 0 saturated carbocycles. The Bertz CT molecular complexity index is 539. The highest BCUT2D eigenvalue weighted by Gasteiger charge is 2.37. The third-order valence-electron chi connectivity index (χ3n) is 3.67. The van der Waals surface area contributed by atoms with Crippen molar-refractivity contribution < 1.29 is 19.8 Å². The van der Waals surface area contributed by atoms with E-state index in [1.54, 1.807) is 9.80 Å². The summed E-state index contributed by atoms with van der Waals surface area (Å²) >= 11 is 0. The van der Waals surface area contributed by atoms with E-state index in [1.165, 1.54) is 10.9 Å². The standard InChI is InChI=1S/C11H15N5O4/c17-8-1-2-14(5-8)11(20)15-3-7(4-15)16-6-9(10(18)19)12-13-16/h6-8,17H,1-5H2,(H,18,19). The molecule has 1 aromatic heterocycles. The van der Waals surface area contributed by atoms with Crippen molar-refractivity contribution in [1.29, 1.82) is 0 Å². The van der Waals surface area contributed by atoms with Gasteiger partial charge in [0.05, 0.1) is 18.3 Å². The Balaban J connectivity index is 1.55. The first-order chi connectivity index (χ1) is 9.54. The molecule has 9 nitrogen and oxygen atoms in total. The number of hydrogen-bond donors (Lipinski definition) is 2. The number of carbonyl (C=O) groups excluding carboxylic acids is 1. The van der Waals surface area contributed by atoms with Crippen LogP contribution in [0.2, 0.25) is 0 Å². The van der Waals surface area contributed by atoms with E-state index in [-0.39, 0.29) is 17.8 Å². The van der Waals surface area contributed by atoms with Crippen molar-refractivity contribution in [3.05, 3.63) is 11.9 Å². The van der Waals surface area contributed by atoms with Gasteiger partial charge < -0.3 is 20.0 Å². The van der Waals surface area contributed by atoms with Crippen molar-refractivity contribution in [1.82, 2.24) is 24.8 Å². The Labute approximate surface area is 114 Å². The molecule has 2 N–H and O–H groups in total. The predicted octanol–water partition coefficient (Wildman–Crippen LogP) is -0.980. The van der Waals surface area contributed by atoms with Gasteiger partial charge in [-0.2, -0.15) is 0 Å². The number of aliphatic hydroxyl groups is 1. The summed E-state index contributed by atoms with van der Waals surface area (Å²) in [4.78, 5) is 26.1. The SMILES string of the molecule is O=C(O)c1cn(C2CN(C(=O)N3CCC(O)C3)C2)nn1. The molecule has 3 rings (SSSR count). The van der Waals surface area contributed by atoms with Crippen molar-refractivity contribution in [2.24, 2.45) is 0 Å². The first-order valence-corrected chi connectivity index (χ1v) is 6.41. The zero-order valence-electron chi connectivity index (χ0n) is 10.7. The summed E-state index contributed by atoms with van der Waals surface area (Å²) in [6.45, 7) is 1.92. The van der Waals surface area contributed by atoms with Crippen LogP contribution in [0.25, 0.3) is 0 Å². The lowest BCUT2D eigenvalue weighted by molar-refractivity contribution is 0.0689. The van der Waals surface area contributed by atoms with E-state index in [0.717, 1.165) is 0 Å². The lowest BCUT2D eigenvalue weighted by Crippen LogP contribution is -2.55. The lowest BCUT2D eigenvalue weighted by Gasteiger charge is -2.40. The van der Waals surface area contributed by atoms with Crippen molar-refractivity contribution in [3.8, 4) is 0 Å². The molecule has 2 saturated heterocycles. The van der Waals surface area contributed by atoms with Gasteiger partial charge in [-0.1, -0.05) is 5.21 Å². The van der Waals surface area contributed by atoms with Gasteiger partial charge in [-0.15, -0.1) is 5.10 Å². The molecule has 3 heterocycles. The number of carboxylic acid groups (broad SMARTS) is 1. The number of likely N-dealkylation sites (tertiary alicyclic amines) is 2. The zero-order chi connectivity index (χ0) is 14.3. The van der Waals surface area contributed by atoms with Crippen molar-refractivity contribution >= 4 is 12.0 Å². The van der Waals surface area contributed by atoms with Gasteiger partial charge in [-0.3, -0.25) is 0 Å². The van der Waals surface area contributed by atoms with Gasteiger partial charge in [0.1, 0.15) is 0 Å². The van der Waals surface area contributed by atoms with Crippen LogP contribution in [0, 0.1) is 0 Å². The largest absolute Gasteiger partial charge is 0.476 e. The van der Waals surface area contributed by atoms with Gasteiger partial charge in [-0.25, -0.2) is 14.3 Å². The number of urea groups is 1. The second-order valence-corrected chi connectivity index (χ2v) is 5.12. The fourth-order valence-corrected chi connectivity index (χ4v) is 2.45. The average molecular weight is 281 g/mol. The van der Waals surface area contributed by atoms with E-state index in [0.29, 0.717) is 32.6 Å². The van der Waals surface area contributed by atoms with Crippen LogP contribution in [0.15, 0.2) is 6.20 Å². The molecule has 0 radical (unpaired) electrons. The molecular weight excluding hydrogens is 266 g/mol. The highest BCUT2D eigenvalue weighted by Crippen LogP contribution is 2.23. The van der Waals surface area contributed by atoms with Gasteiger partial charge in [0.2, 0.25) is 0 Å². The maximum Gasteiger partial charge on any atom is 0.358 e. The van der Waals surface area contributed by atoms with E-state index in [9.17, 15) is 14.7 Å². The van der Waals surface area contributed by atoms with Crippen LogP contribution in [0.4, 0.5) is 4.79 Å². The molecular formula is C11H15N5O4.